The van der Waals surface area contributed by atoms with Crippen LogP contribution in [0.3, 0.4) is 0 Å². The molecule has 0 atom stereocenters. The highest BCUT2D eigenvalue weighted by atomic mass is 32.2. The zero-order valence-electron chi connectivity index (χ0n) is 9.33. The van der Waals surface area contributed by atoms with Gasteiger partial charge in [-0.1, -0.05) is 6.92 Å². The summed E-state index contributed by atoms with van der Waals surface area (Å²) in [6.07, 6.45) is 5.69. The van der Waals surface area contributed by atoms with Crippen molar-refractivity contribution in [2.75, 3.05) is 0 Å². The number of rotatable bonds is 2. The largest absolute Gasteiger partial charge is 0.255 e. The molecule has 0 aromatic carbocycles. The van der Waals surface area contributed by atoms with Crippen molar-refractivity contribution in [3.63, 3.8) is 0 Å². The number of nitrogens with zero attached hydrogens (tertiary/aromatic N) is 2. The fourth-order valence-electron chi connectivity index (χ4n) is 2.29. The predicted octanol–water partition coefficient (Wildman–Crippen LogP) is 1.28. The number of hydrogen-bond acceptors (Lipinski definition) is 3. The van der Waals surface area contributed by atoms with Crippen molar-refractivity contribution < 1.29 is 8.42 Å². The summed E-state index contributed by atoms with van der Waals surface area (Å²) in [5.41, 5.74) is 0. The summed E-state index contributed by atoms with van der Waals surface area (Å²) < 4.78 is 24.2. The molecule has 1 fully saturated rings. The average Bonchev–Trinajstić information content (AvgIpc) is 2.66. The Hall–Kier alpha value is -0.880. The SMILES string of the molecule is CC1CCC(n2nccc2S(N)(=O)=O)CC1. The molecule has 16 heavy (non-hydrogen) atoms. The quantitative estimate of drug-likeness (QED) is 0.850. The molecule has 5 nitrogen and oxygen atoms in total. The summed E-state index contributed by atoms with van der Waals surface area (Å²) in [6, 6.07) is 1.65. The zero-order valence-corrected chi connectivity index (χ0v) is 10.2. The normalized spacial score (nSPS) is 26.9. The van der Waals surface area contributed by atoms with Crippen LogP contribution in [0.25, 0.3) is 0 Å². The summed E-state index contributed by atoms with van der Waals surface area (Å²) in [7, 11) is -3.65. The third-order valence-corrected chi connectivity index (χ3v) is 4.16. The van der Waals surface area contributed by atoms with E-state index >= 15 is 0 Å². The van der Waals surface area contributed by atoms with Crippen molar-refractivity contribution in [2.24, 2.45) is 11.1 Å². The van der Waals surface area contributed by atoms with E-state index in [2.05, 4.69) is 12.0 Å². The molecule has 0 bridgehead atoms. The van der Waals surface area contributed by atoms with E-state index in [-0.39, 0.29) is 11.1 Å². The molecule has 90 valence electrons. The Morgan fingerprint density at radius 2 is 2.00 bits per heavy atom. The van der Waals surface area contributed by atoms with Crippen molar-refractivity contribution in [1.82, 2.24) is 9.78 Å². The molecular weight excluding hydrogens is 226 g/mol. The minimum Gasteiger partial charge on any atom is -0.250 e. The lowest BCUT2D eigenvalue weighted by Crippen LogP contribution is -2.24. The van der Waals surface area contributed by atoms with Crippen LogP contribution in [0.5, 0.6) is 0 Å². The lowest BCUT2D eigenvalue weighted by molar-refractivity contribution is 0.261. The maximum absolute atomic E-state index is 11.3. The van der Waals surface area contributed by atoms with Gasteiger partial charge < -0.3 is 0 Å². The van der Waals surface area contributed by atoms with Gasteiger partial charge in [0.05, 0.1) is 12.2 Å². The summed E-state index contributed by atoms with van der Waals surface area (Å²) in [4.78, 5) is 0. The van der Waals surface area contributed by atoms with Crippen molar-refractivity contribution in [3.05, 3.63) is 12.3 Å². The second-order valence-corrected chi connectivity index (χ2v) is 6.08. The van der Waals surface area contributed by atoms with E-state index in [9.17, 15) is 8.42 Å². The van der Waals surface area contributed by atoms with Crippen LogP contribution in [-0.4, -0.2) is 18.2 Å². The van der Waals surface area contributed by atoms with Gasteiger partial charge in [0.1, 0.15) is 0 Å². The third-order valence-electron chi connectivity index (χ3n) is 3.26. The van der Waals surface area contributed by atoms with Crippen molar-refractivity contribution in [3.8, 4) is 0 Å². The molecule has 1 heterocycles. The Labute approximate surface area is 95.7 Å². The first-order valence-electron chi connectivity index (χ1n) is 5.55. The van der Waals surface area contributed by atoms with Gasteiger partial charge in [-0.05, 0) is 37.7 Å². The monoisotopic (exact) mass is 243 g/mol. The summed E-state index contributed by atoms with van der Waals surface area (Å²) in [5, 5.41) is 9.37. The molecule has 0 unspecified atom stereocenters. The highest BCUT2D eigenvalue weighted by molar-refractivity contribution is 7.89. The third kappa shape index (κ3) is 2.27. The average molecular weight is 243 g/mol. The number of primary sulfonamides is 1. The van der Waals surface area contributed by atoms with Gasteiger partial charge in [0.25, 0.3) is 10.0 Å². The molecule has 0 saturated heterocycles. The van der Waals surface area contributed by atoms with Gasteiger partial charge in [-0.15, -0.1) is 0 Å². The Morgan fingerprint density at radius 3 is 2.56 bits per heavy atom. The van der Waals surface area contributed by atoms with Crippen LogP contribution in [0.2, 0.25) is 0 Å². The predicted molar refractivity (Wildman–Crippen MR) is 60.3 cm³/mol. The van der Waals surface area contributed by atoms with Crippen LogP contribution in [-0.2, 0) is 10.0 Å². The molecule has 2 rings (SSSR count). The molecule has 6 heteroatoms. The minimum atomic E-state index is -3.65. The molecule has 0 amide bonds. The fourth-order valence-corrected chi connectivity index (χ4v) is 3.00. The standard InChI is InChI=1S/C10H17N3O2S/c1-8-2-4-9(5-3-8)13-10(6-7-12-13)16(11,14)15/h6-9H,2-5H2,1H3,(H2,11,14,15). The van der Waals surface area contributed by atoms with Crippen molar-refractivity contribution in [1.29, 1.82) is 0 Å². The zero-order chi connectivity index (χ0) is 11.8. The minimum absolute atomic E-state index is 0.132. The van der Waals surface area contributed by atoms with E-state index in [4.69, 9.17) is 5.14 Å². The molecule has 2 N–H and O–H groups in total. The highest BCUT2D eigenvalue weighted by Crippen LogP contribution is 2.32. The molecule has 0 spiro atoms. The maximum Gasteiger partial charge on any atom is 0.255 e. The molecular formula is C10H17N3O2S. The molecule has 1 saturated carbocycles. The summed E-state index contributed by atoms with van der Waals surface area (Å²) >= 11 is 0. The van der Waals surface area contributed by atoms with E-state index in [1.54, 1.807) is 4.68 Å². The Morgan fingerprint density at radius 1 is 1.38 bits per heavy atom. The van der Waals surface area contributed by atoms with E-state index < -0.39 is 10.0 Å². The van der Waals surface area contributed by atoms with Crippen LogP contribution in [0.4, 0.5) is 0 Å². The Kier molecular flexibility index (Phi) is 3.03. The van der Waals surface area contributed by atoms with Crippen molar-refractivity contribution >= 4 is 10.0 Å². The van der Waals surface area contributed by atoms with Gasteiger partial charge in [0, 0.05) is 0 Å². The van der Waals surface area contributed by atoms with E-state index in [0.717, 1.165) is 31.6 Å². The smallest absolute Gasteiger partial charge is 0.250 e. The summed E-state index contributed by atoms with van der Waals surface area (Å²) in [5.74, 6) is 0.727. The van der Waals surface area contributed by atoms with Crippen molar-refractivity contribution in [2.45, 2.75) is 43.7 Å². The second-order valence-electron chi connectivity index (χ2n) is 4.57. The first kappa shape index (κ1) is 11.6. The van der Waals surface area contributed by atoms with Gasteiger partial charge >= 0.3 is 0 Å². The van der Waals surface area contributed by atoms with Crippen LogP contribution >= 0.6 is 0 Å². The number of aromatic nitrogens is 2. The maximum atomic E-state index is 11.3. The van der Waals surface area contributed by atoms with Crippen LogP contribution in [0.1, 0.15) is 38.6 Å². The number of nitrogens with two attached hydrogens (primary N) is 1. The van der Waals surface area contributed by atoms with Crippen LogP contribution in [0, 0.1) is 5.92 Å². The fraction of sp³-hybridized carbons (Fsp3) is 0.700. The van der Waals surface area contributed by atoms with Crippen LogP contribution < -0.4 is 5.14 Å². The molecule has 1 aliphatic rings. The Bertz CT molecular complexity index is 458. The topological polar surface area (TPSA) is 78.0 Å². The molecule has 1 aliphatic carbocycles. The first-order chi connectivity index (χ1) is 7.48. The van der Waals surface area contributed by atoms with Gasteiger partial charge in [0.2, 0.25) is 0 Å². The van der Waals surface area contributed by atoms with E-state index in [1.165, 1.54) is 12.3 Å². The Balaban J connectivity index is 2.25. The van der Waals surface area contributed by atoms with E-state index in [1.807, 2.05) is 0 Å². The second kappa shape index (κ2) is 4.18. The molecule has 1 aromatic heterocycles. The van der Waals surface area contributed by atoms with Gasteiger partial charge in [0.15, 0.2) is 5.03 Å². The van der Waals surface area contributed by atoms with Gasteiger partial charge in [-0.3, -0.25) is 0 Å². The molecule has 1 aromatic rings. The van der Waals surface area contributed by atoms with E-state index in [0.29, 0.717) is 0 Å². The lowest BCUT2D eigenvalue weighted by atomic mass is 9.87. The summed E-state index contributed by atoms with van der Waals surface area (Å²) in [6.45, 7) is 2.22. The van der Waals surface area contributed by atoms with Gasteiger partial charge in [-0.2, -0.15) is 5.10 Å². The first-order valence-corrected chi connectivity index (χ1v) is 7.09. The van der Waals surface area contributed by atoms with Crippen LogP contribution in [0.15, 0.2) is 17.3 Å². The lowest BCUT2D eigenvalue weighted by Gasteiger charge is -2.27. The van der Waals surface area contributed by atoms with Gasteiger partial charge in [-0.25, -0.2) is 18.2 Å². The molecule has 0 aliphatic heterocycles. The number of sulfonamides is 1. The highest BCUT2D eigenvalue weighted by Gasteiger charge is 2.24. The molecule has 0 radical (unpaired) electrons. The number of hydrogen-bond donors (Lipinski definition) is 1.